The SMILES string of the molecule is CCOC(=O)[C@H](CCCCC1CCN(C(=O)OCc2ccccc2)CC1)N[C@@H](C)C(=O)N1[C@H](C(=O)OCc2ccccc2)C[C@@H]2CCC[C@@H]21. The molecule has 1 N–H and O–H groups in total. The number of amides is 2. The van der Waals surface area contributed by atoms with Crippen molar-refractivity contribution in [2.45, 2.75) is 115 Å². The lowest BCUT2D eigenvalue weighted by Crippen LogP contribution is -2.55. The molecule has 2 aromatic rings. The van der Waals surface area contributed by atoms with Gasteiger partial charge in [0.25, 0.3) is 0 Å². The average molecular weight is 676 g/mol. The minimum atomic E-state index is -0.663. The number of nitrogens with one attached hydrogen (secondary N) is 1. The van der Waals surface area contributed by atoms with Gasteiger partial charge in [0.2, 0.25) is 5.91 Å². The summed E-state index contributed by atoms with van der Waals surface area (Å²) in [5, 5.41) is 3.28. The lowest BCUT2D eigenvalue weighted by atomic mass is 9.91. The van der Waals surface area contributed by atoms with Gasteiger partial charge in [-0.15, -0.1) is 0 Å². The van der Waals surface area contributed by atoms with Crippen LogP contribution in [0.4, 0.5) is 4.79 Å². The molecule has 49 heavy (non-hydrogen) atoms. The van der Waals surface area contributed by atoms with E-state index in [4.69, 9.17) is 14.2 Å². The van der Waals surface area contributed by atoms with Crippen molar-refractivity contribution < 1.29 is 33.4 Å². The number of ether oxygens (including phenoxy) is 3. The van der Waals surface area contributed by atoms with Crippen LogP contribution in [-0.4, -0.2) is 77.6 Å². The number of carbonyl (C=O) groups excluding carboxylic acids is 4. The highest BCUT2D eigenvalue weighted by Gasteiger charge is 2.50. The number of esters is 2. The highest BCUT2D eigenvalue weighted by atomic mass is 16.6. The van der Waals surface area contributed by atoms with Crippen LogP contribution < -0.4 is 5.32 Å². The van der Waals surface area contributed by atoms with E-state index in [-0.39, 0.29) is 55.7 Å². The van der Waals surface area contributed by atoms with Crippen LogP contribution in [0.3, 0.4) is 0 Å². The Kier molecular flexibility index (Phi) is 13.5. The fourth-order valence-corrected chi connectivity index (χ4v) is 7.75. The summed E-state index contributed by atoms with van der Waals surface area (Å²) in [5.74, 6) is -0.0857. The second kappa shape index (κ2) is 18.2. The van der Waals surface area contributed by atoms with E-state index in [2.05, 4.69) is 5.32 Å². The maximum atomic E-state index is 14.0. The third-order valence-electron chi connectivity index (χ3n) is 10.4. The molecular formula is C39H53N3O7. The molecule has 0 unspecified atom stereocenters. The van der Waals surface area contributed by atoms with Gasteiger partial charge in [0.15, 0.2) is 0 Å². The Morgan fingerprint density at radius 2 is 1.49 bits per heavy atom. The minimum absolute atomic E-state index is 0.0178. The highest BCUT2D eigenvalue weighted by Crippen LogP contribution is 2.42. The van der Waals surface area contributed by atoms with Gasteiger partial charge in [-0.3, -0.25) is 14.9 Å². The zero-order valence-electron chi connectivity index (χ0n) is 29.1. The zero-order chi connectivity index (χ0) is 34.6. The molecule has 0 bridgehead atoms. The molecule has 10 heteroatoms. The van der Waals surface area contributed by atoms with Gasteiger partial charge in [-0.25, -0.2) is 9.59 Å². The molecule has 2 heterocycles. The number of nitrogens with zero attached hydrogens (tertiary/aromatic N) is 2. The van der Waals surface area contributed by atoms with Crippen LogP contribution in [0.1, 0.15) is 89.2 Å². The molecule has 2 saturated heterocycles. The molecule has 0 aromatic heterocycles. The van der Waals surface area contributed by atoms with E-state index >= 15 is 0 Å². The van der Waals surface area contributed by atoms with Gasteiger partial charge in [-0.2, -0.15) is 0 Å². The van der Waals surface area contributed by atoms with E-state index in [1.807, 2.05) is 60.7 Å². The van der Waals surface area contributed by atoms with Crippen LogP contribution >= 0.6 is 0 Å². The first-order valence-corrected chi connectivity index (χ1v) is 18.2. The van der Waals surface area contributed by atoms with Gasteiger partial charge in [0.1, 0.15) is 25.3 Å². The Morgan fingerprint density at radius 1 is 0.837 bits per heavy atom. The molecule has 266 valence electrons. The van der Waals surface area contributed by atoms with Crippen molar-refractivity contribution in [2.75, 3.05) is 19.7 Å². The summed E-state index contributed by atoms with van der Waals surface area (Å²) < 4.78 is 16.6. The molecule has 2 amide bonds. The predicted molar refractivity (Wildman–Crippen MR) is 185 cm³/mol. The summed E-state index contributed by atoms with van der Waals surface area (Å²) >= 11 is 0. The highest BCUT2D eigenvalue weighted by molar-refractivity contribution is 5.89. The number of piperidine rings is 1. The molecule has 3 fully saturated rings. The standard InChI is InChI=1S/C39H53N3O7/c1-3-47-37(44)33(19-11-10-13-29-21-23-41(24-22-29)39(46)49-27-31-16-8-5-9-17-31)40-28(2)36(43)42-34-20-12-18-32(34)25-35(42)38(45)48-26-30-14-6-4-7-15-30/h4-9,14-17,28-29,32-35,40H,3,10-13,18-27H2,1-2H3/t28-,32-,33-,34-,35-/m0/s1. The fourth-order valence-electron chi connectivity index (χ4n) is 7.75. The summed E-state index contributed by atoms with van der Waals surface area (Å²) in [4.78, 5) is 56.4. The number of rotatable bonds is 15. The molecule has 5 rings (SSSR count). The van der Waals surface area contributed by atoms with Gasteiger partial charge < -0.3 is 24.0 Å². The van der Waals surface area contributed by atoms with E-state index < -0.39 is 18.1 Å². The summed E-state index contributed by atoms with van der Waals surface area (Å²) in [6.07, 6.45) is 8.44. The molecule has 5 atom stereocenters. The molecule has 1 aliphatic carbocycles. The van der Waals surface area contributed by atoms with Gasteiger partial charge in [-0.05, 0) is 75.3 Å². The quantitative estimate of drug-likeness (QED) is 0.139. The summed E-state index contributed by atoms with van der Waals surface area (Å²) in [6, 6.07) is 17.4. The number of fused-ring (bicyclic) bond motifs is 1. The van der Waals surface area contributed by atoms with Crippen molar-refractivity contribution in [2.24, 2.45) is 11.8 Å². The number of benzene rings is 2. The second-order valence-electron chi connectivity index (χ2n) is 13.8. The molecule has 1 saturated carbocycles. The number of carbonyl (C=O) groups is 4. The first kappa shape index (κ1) is 36.4. The van der Waals surface area contributed by atoms with Gasteiger partial charge >= 0.3 is 18.0 Å². The molecule has 10 nitrogen and oxygen atoms in total. The first-order valence-electron chi connectivity index (χ1n) is 18.2. The smallest absolute Gasteiger partial charge is 0.410 e. The van der Waals surface area contributed by atoms with Crippen molar-refractivity contribution in [1.29, 1.82) is 0 Å². The van der Waals surface area contributed by atoms with Gasteiger partial charge in [-0.1, -0.05) is 86.3 Å². The Morgan fingerprint density at radius 3 is 2.14 bits per heavy atom. The van der Waals surface area contributed by atoms with Crippen LogP contribution in [0.25, 0.3) is 0 Å². The number of unbranched alkanes of at least 4 members (excludes halogenated alkanes) is 1. The van der Waals surface area contributed by atoms with Crippen molar-refractivity contribution in [1.82, 2.24) is 15.1 Å². The number of hydrogen-bond donors (Lipinski definition) is 1. The van der Waals surface area contributed by atoms with Gasteiger partial charge in [0, 0.05) is 19.1 Å². The monoisotopic (exact) mass is 675 g/mol. The number of likely N-dealkylation sites (tertiary alicyclic amines) is 2. The Balaban J connectivity index is 1.08. The normalized spacial score (nSPS) is 21.9. The van der Waals surface area contributed by atoms with Crippen molar-refractivity contribution in [3.8, 4) is 0 Å². The molecule has 0 spiro atoms. The van der Waals surface area contributed by atoms with E-state index in [9.17, 15) is 19.2 Å². The van der Waals surface area contributed by atoms with E-state index in [1.54, 1.807) is 23.6 Å². The Bertz CT molecular complexity index is 1370. The fraction of sp³-hybridized carbons (Fsp3) is 0.590. The number of hydrogen-bond acceptors (Lipinski definition) is 8. The first-order chi connectivity index (χ1) is 23.8. The van der Waals surface area contributed by atoms with Crippen LogP contribution in [0.2, 0.25) is 0 Å². The lowest BCUT2D eigenvalue weighted by molar-refractivity contribution is -0.156. The topological polar surface area (TPSA) is 114 Å². The van der Waals surface area contributed by atoms with E-state index in [0.717, 1.165) is 62.5 Å². The lowest BCUT2D eigenvalue weighted by Gasteiger charge is -2.32. The maximum absolute atomic E-state index is 14.0. The molecule has 2 aliphatic heterocycles. The maximum Gasteiger partial charge on any atom is 0.410 e. The average Bonchev–Trinajstić information content (AvgIpc) is 3.74. The third-order valence-corrected chi connectivity index (χ3v) is 10.4. The minimum Gasteiger partial charge on any atom is -0.465 e. The van der Waals surface area contributed by atoms with Crippen LogP contribution in [0.15, 0.2) is 60.7 Å². The third kappa shape index (κ3) is 10.1. The van der Waals surface area contributed by atoms with Crippen molar-refractivity contribution in [3.05, 3.63) is 71.8 Å². The molecule has 2 aromatic carbocycles. The van der Waals surface area contributed by atoms with Crippen molar-refractivity contribution in [3.63, 3.8) is 0 Å². The predicted octanol–water partition coefficient (Wildman–Crippen LogP) is 6.02. The van der Waals surface area contributed by atoms with Crippen LogP contribution in [0, 0.1) is 11.8 Å². The van der Waals surface area contributed by atoms with Crippen molar-refractivity contribution >= 4 is 23.9 Å². The van der Waals surface area contributed by atoms with E-state index in [0.29, 0.717) is 31.8 Å². The largest absolute Gasteiger partial charge is 0.465 e. The van der Waals surface area contributed by atoms with Gasteiger partial charge in [0.05, 0.1) is 12.6 Å². The Labute approximate surface area is 290 Å². The second-order valence-corrected chi connectivity index (χ2v) is 13.8. The van der Waals surface area contributed by atoms with E-state index in [1.165, 1.54) is 0 Å². The summed E-state index contributed by atoms with van der Waals surface area (Å²) in [6.45, 7) is 5.64. The molecule has 0 radical (unpaired) electrons. The van der Waals surface area contributed by atoms with Crippen LogP contribution in [0.5, 0.6) is 0 Å². The molecule has 3 aliphatic rings. The summed E-state index contributed by atoms with van der Waals surface area (Å²) in [5.41, 5.74) is 1.88. The summed E-state index contributed by atoms with van der Waals surface area (Å²) in [7, 11) is 0. The molecular weight excluding hydrogens is 622 g/mol. The Hall–Kier alpha value is -3.92. The van der Waals surface area contributed by atoms with Crippen LogP contribution in [-0.2, 0) is 41.8 Å². The zero-order valence-corrected chi connectivity index (χ0v) is 29.1.